The molecule has 3 aromatic rings. The fourth-order valence-corrected chi connectivity index (χ4v) is 2.29. The molecule has 0 saturated carbocycles. The van der Waals surface area contributed by atoms with Crippen LogP contribution in [-0.4, -0.2) is 14.5 Å². The van der Waals surface area contributed by atoms with Crippen molar-refractivity contribution in [3.8, 4) is 16.9 Å². The van der Waals surface area contributed by atoms with Gasteiger partial charge in [0.25, 0.3) is 0 Å². The van der Waals surface area contributed by atoms with Gasteiger partial charge in [-0.2, -0.15) is 0 Å². The lowest BCUT2D eigenvalue weighted by atomic mass is 10.1. The highest BCUT2D eigenvalue weighted by Crippen LogP contribution is 2.25. The number of anilines is 1. The molecule has 0 bridgehead atoms. The second-order valence-electron chi connectivity index (χ2n) is 4.91. The molecule has 2 heterocycles. The quantitative estimate of drug-likeness (QED) is 0.773. The summed E-state index contributed by atoms with van der Waals surface area (Å²) in [5, 5.41) is 0. The van der Waals surface area contributed by atoms with E-state index in [9.17, 15) is 0 Å². The Labute approximate surface area is 117 Å². The molecule has 0 aliphatic rings. The monoisotopic (exact) mass is 264 g/mol. The van der Waals surface area contributed by atoms with Crippen molar-refractivity contribution in [3.63, 3.8) is 0 Å². The van der Waals surface area contributed by atoms with Gasteiger partial charge in [0.05, 0.1) is 23.9 Å². The zero-order chi connectivity index (χ0) is 14.1. The van der Waals surface area contributed by atoms with Crippen LogP contribution in [0, 0.1) is 13.8 Å². The second-order valence-corrected chi connectivity index (χ2v) is 4.91. The molecular weight excluding hydrogens is 248 g/mol. The predicted molar refractivity (Wildman–Crippen MR) is 80.7 cm³/mol. The van der Waals surface area contributed by atoms with Gasteiger partial charge in [0.1, 0.15) is 5.82 Å². The summed E-state index contributed by atoms with van der Waals surface area (Å²) in [7, 11) is 0. The number of aryl methyl sites for hydroxylation is 2. The van der Waals surface area contributed by atoms with Crippen LogP contribution in [0.4, 0.5) is 5.82 Å². The molecule has 1 aromatic carbocycles. The highest BCUT2D eigenvalue weighted by atomic mass is 15.1. The fourth-order valence-electron chi connectivity index (χ4n) is 2.29. The number of nitrogens with zero attached hydrogens (tertiary/aromatic N) is 3. The van der Waals surface area contributed by atoms with Crippen molar-refractivity contribution < 1.29 is 0 Å². The smallest absolute Gasteiger partial charge is 0.123 e. The first-order valence-corrected chi connectivity index (χ1v) is 6.47. The molecule has 0 radical (unpaired) electrons. The molecule has 0 unspecified atom stereocenters. The van der Waals surface area contributed by atoms with E-state index in [4.69, 9.17) is 5.73 Å². The number of aromatic nitrogens is 3. The maximum absolute atomic E-state index is 5.77. The second kappa shape index (κ2) is 4.81. The van der Waals surface area contributed by atoms with Gasteiger partial charge in [0, 0.05) is 11.8 Å². The topological polar surface area (TPSA) is 56.7 Å². The Bertz CT molecular complexity index is 759. The summed E-state index contributed by atoms with van der Waals surface area (Å²) in [5.74, 6) is 0.510. The van der Waals surface area contributed by atoms with E-state index < -0.39 is 0 Å². The molecule has 4 nitrogen and oxygen atoms in total. The maximum Gasteiger partial charge on any atom is 0.123 e. The SMILES string of the molecule is Cc1ccc(C)c(-n2cncc2-c2ccnc(N)c2)c1. The first-order valence-electron chi connectivity index (χ1n) is 6.47. The highest BCUT2D eigenvalue weighted by Gasteiger charge is 2.09. The zero-order valence-electron chi connectivity index (χ0n) is 11.5. The van der Waals surface area contributed by atoms with Crippen molar-refractivity contribution in [1.82, 2.24) is 14.5 Å². The van der Waals surface area contributed by atoms with E-state index in [2.05, 4.69) is 46.6 Å². The van der Waals surface area contributed by atoms with E-state index >= 15 is 0 Å². The molecule has 0 aliphatic carbocycles. The van der Waals surface area contributed by atoms with E-state index in [-0.39, 0.29) is 0 Å². The number of imidazole rings is 1. The molecule has 0 saturated heterocycles. The molecule has 3 rings (SSSR count). The van der Waals surface area contributed by atoms with Crippen LogP contribution < -0.4 is 5.73 Å². The summed E-state index contributed by atoms with van der Waals surface area (Å²) in [6, 6.07) is 10.2. The van der Waals surface area contributed by atoms with Crippen LogP contribution in [-0.2, 0) is 0 Å². The summed E-state index contributed by atoms with van der Waals surface area (Å²) < 4.78 is 2.08. The van der Waals surface area contributed by atoms with Gasteiger partial charge < -0.3 is 5.73 Å². The summed E-state index contributed by atoms with van der Waals surface area (Å²) in [6.07, 6.45) is 5.38. The third-order valence-electron chi connectivity index (χ3n) is 3.34. The van der Waals surface area contributed by atoms with E-state index in [0.717, 1.165) is 16.9 Å². The lowest BCUT2D eigenvalue weighted by molar-refractivity contribution is 1.04. The summed E-state index contributed by atoms with van der Waals surface area (Å²) in [6.45, 7) is 4.18. The number of nitrogen functional groups attached to an aromatic ring is 1. The number of hydrogen-bond donors (Lipinski definition) is 1. The fraction of sp³-hybridized carbons (Fsp3) is 0.125. The molecule has 0 aliphatic heterocycles. The van der Waals surface area contributed by atoms with Crippen molar-refractivity contribution in [2.45, 2.75) is 13.8 Å². The Morgan fingerprint density at radius 2 is 1.95 bits per heavy atom. The minimum absolute atomic E-state index is 0.510. The predicted octanol–water partition coefficient (Wildman–Crippen LogP) is 3.13. The zero-order valence-corrected chi connectivity index (χ0v) is 11.5. The molecule has 0 amide bonds. The van der Waals surface area contributed by atoms with Crippen LogP contribution >= 0.6 is 0 Å². The van der Waals surface area contributed by atoms with E-state index in [1.54, 1.807) is 6.20 Å². The van der Waals surface area contributed by atoms with Gasteiger partial charge in [-0.25, -0.2) is 9.97 Å². The van der Waals surface area contributed by atoms with Crippen LogP contribution in [0.1, 0.15) is 11.1 Å². The van der Waals surface area contributed by atoms with E-state index in [1.165, 1.54) is 11.1 Å². The number of pyridine rings is 1. The molecule has 0 atom stereocenters. The Morgan fingerprint density at radius 3 is 2.75 bits per heavy atom. The van der Waals surface area contributed by atoms with Gasteiger partial charge in [0.15, 0.2) is 0 Å². The van der Waals surface area contributed by atoms with E-state index in [1.807, 2.05) is 24.7 Å². The van der Waals surface area contributed by atoms with Crippen molar-refractivity contribution in [2.24, 2.45) is 0 Å². The lowest BCUT2D eigenvalue weighted by Crippen LogP contribution is -1.99. The van der Waals surface area contributed by atoms with Crippen LogP contribution in [0.5, 0.6) is 0 Å². The molecule has 0 fully saturated rings. The third-order valence-corrected chi connectivity index (χ3v) is 3.34. The molecule has 2 aromatic heterocycles. The standard InChI is InChI=1S/C16H16N4/c1-11-3-4-12(2)14(7-11)20-10-18-9-15(20)13-5-6-19-16(17)8-13/h3-10H,1-2H3,(H2,17,19). The van der Waals surface area contributed by atoms with Crippen LogP contribution in [0.15, 0.2) is 49.1 Å². The van der Waals surface area contributed by atoms with E-state index in [0.29, 0.717) is 5.82 Å². The molecule has 20 heavy (non-hydrogen) atoms. The number of hydrogen-bond acceptors (Lipinski definition) is 3. The van der Waals surface area contributed by atoms with Gasteiger partial charge >= 0.3 is 0 Å². The van der Waals surface area contributed by atoms with Gasteiger partial charge in [-0.15, -0.1) is 0 Å². The summed E-state index contributed by atoms with van der Waals surface area (Å²) in [5.41, 5.74) is 11.3. The minimum atomic E-state index is 0.510. The van der Waals surface area contributed by atoms with Gasteiger partial charge in [-0.1, -0.05) is 12.1 Å². The van der Waals surface area contributed by atoms with Gasteiger partial charge in [-0.3, -0.25) is 4.57 Å². The average Bonchev–Trinajstić information content (AvgIpc) is 2.90. The number of nitrogens with two attached hydrogens (primary N) is 1. The Morgan fingerprint density at radius 1 is 1.10 bits per heavy atom. The molecule has 4 heteroatoms. The largest absolute Gasteiger partial charge is 0.384 e. The van der Waals surface area contributed by atoms with Gasteiger partial charge in [-0.05, 0) is 43.2 Å². The lowest BCUT2D eigenvalue weighted by Gasteiger charge is -2.12. The maximum atomic E-state index is 5.77. The Kier molecular flexibility index (Phi) is 2.99. The summed E-state index contributed by atoms with van der Waals surface area (Å²) >= 11 is 0. The minimum Gasteiger partial charge on any atom is -0.384 e. The third kappa shape index (κ3) is 2.16. The molecule has 2 N–H and O–H groups in total. The summed E-state index contributed by atoms with van der Waals surface area (Å²) in [4.78, 5) is 8.31. The van der Waals surface area contributed by atoms with Crippen molar-refractivity contribution in [1.29, 1.82) is 0 Å². The normalized spacial score (nSPS) is 10.7. The van der Waals surface area contributed by atoms with Crippen molar-refractivity contribution in [3.05, 3.63) is 60.2 Å². The van der Waals surface area contributed by atoms with Crippen molar-refractivity contribution >= 4 is 5.82 Å². The molecular formula is C16H16N4. The van der Waals surface area contributed by atoms with Gasteiger partial charge in [0.2, 0.25) is 0 Å². The molecule has 0 spiro atoms. The number of rotatable bonds is 2. The Balaban J connectivity index is 2.18. The van der Waals surface area contributed by atoms with Crippen molar-refractivity contribution in [2.75, 3.05) is 5.73 Å². The Hall–Kier alpha value is -2.62. The first kappa shape index (κ1) is 12.4. The van der Waals surface area contributed by atoms with Crippen LogP contribution in [0.3, 0.4) is 0 Å². The van der Waals surface area contributed by atoms with Crippen LogP contribution in [0.2, 0.25) is 0 Å². The average molecular weight is 264 g/mol. The first-order chi connectivity index (χ1) is 9.65. The molecule has 100 valence electrons. The highest BCUT2D eigenvalue weighted by molar-refractivity contribution is 5.65. The number of benzene rings is 1. The van der Waals surface area contributed by atoms with Crippen LogP contribution in [0.25, 0.3) is 16.9 Å².